The monoisotopic (exact) mass is 254 g/mol. The maximum atomic E-state index is 11.9. The molecule has 3 N–H and O–H groups in total. The van der Waals surface area contributed by atoms with Gasteiger partial charge in [-0.05, 0) is 19.9 Å². The zero-order valence-electron chi connectivity index (χ0n) is 10.0. The van der Waals surface area contributed by atoms with Crippen molar-refractivity contribution in [3.8, 4) is 0 Å². The maximum Gasteiger partial charge on any atom is 0.345 e. The van der Waals surface area contributed by atoms with E-state index in [2.05, 4.69) is 0 Å². The highest BCUT2D eigenvalue weighted by Gasteiger charge is 2.41. The Morgan fingerprint density at radius 2 is 2.17 bits per heavy atom. The Balaban J connectivity index is 2.96. The molecule has 0 heterocycles. The molecule has 1 rings (SSSR count). The van der Waals surface area contributed by atoms with Crippen LogP contribution in [0.5, 0.6) is 0 Å². The van der Waals surface area contributed by atoms with Gasteiger partial charge in [0, 0.05) is 11.6 Å². The molecule has 98 valence electrons. The number of aliphatic hydroxyl groups is 1. The minimum Gasteiger partial charge on any atom is -0.327 e. The summed E-state index contributed by atoms with van der Waals surface area (Å²) in [6.45, 7) is 2.47. The molecule has 0 aromatic heterocycles. The van der Waals surface area contributed by atoms with Crippen molar-refractivity contribution < 1.29 is 19.6 Å². The number of ketones is 2. The molecular weight excluding hydrogens is 240 g/mol. The number of rotatable bonds is 4. The number of nitrogens with two attached hydrogens (primary N) is 1. The quantitative estimate of drug-likeness (QED) is 0.307. The predicted molar refractivity (Wildman–Crippen MR) is 62.1 cm³/mol. The summed E-state index contributed by atoms with van der Waals surface area (Å²) in [5, 5.41) is 20.1. The van der Waals surface area contributed by atoms with E-state index in [1.54, 1.807) is 0 Å². The van der Waals surface area contributed by atoms with Crippen molar-refractivity contribution in [2.75, 3.05) is 0 Å². The average Bonchev–Trinajstić information content (AvgIpc) is 2.28. The predicted octanol–water partition coefficient (Wildman–Crippen LogP) is -0.286. The molecule has 0 radical (unpaired) electrons. The molecule has 0 spiro atoms. The Kier molecular flexibility index (Phi) is 3.50. The van der Waals surface area contributed by atoms with Crippen LogP contribution in [0, 0.1) is 10.1 Å². The Morgan fingerprint density at radius 1 is 1.61 bits per heavy atom. The molecule has 0 aromatic rings. The topological polar surface area (TPSA) is 124 Å². The van der Waals surface area contributed by atoms with Crippen LogP contribution in [0.4, 0.5) is 0 Å². The summed E-state index contributed by atoms with van der Waals surface area (Å²) in [6, 6.07) is 0. The largest absolute Gasteiger partial charge is 0.345 e. The van der Waals surface area contributed by atoms with Crippen LogP contribution in [0.1, 0.15) is 20.3 Å². The summed E-state index contributed by atoms with van der Waals surface area (Å²) in [5.74, 6) is -1.13. The maximum absolute atomic E-state index is 11.9. The van der Waals surface area contributed by atoms with Gasteiger partial charge in [-0.15, -0.1) is 0 Å². The van der Waals surface area contributed by atoms with E-state index in [4.69, 9.17) is 5.73 Å². The van der Waals surface area contributed by atoms with Crippen molar-refractivity contribution >= 4 is 11.6 Å². The second-order valence-corrected chi connectivity index (χ2v) is 4.42. The van der Waals surface area contributed by atoms with Crippen LogP contribution in [0.25, 0.3) is 0 Å². The molecule has 0 saturated carbocycles. The summed E-state index contributed by atoms with van der Waals surface area (Å²) in [4.78, 5) is 32.9. The smallest absolute Gasteiger partial charge is 0.327 e. The first-order chi connectivity index (χ1) is 8.11. The third-order valence-corrected chi connectivity index (χ3v) is 2.93. The lowest BCUT2D eigenvalue weighted by Crippen LogP contribution is -2.52. The van der Waals surface area contributed by atoms with E-state index in [0.717, 1.165) is 12.2 Å². The zero-order chi connectivity index (χ0) is 14.1. The summed E-state index contributed by atoms with van der Waals surface area (Å²) in [7, 11) is 0. The molecule has 0 bridgehead atoms. The van der Waals surface area contributed by atoms with Crippen LogP contribution >= 0.6 is 0 Å². The van der Waals surface area contributed by atoms with Crippen LogP contribution in [0.15, 0.2) is 23.8 Å². The highest BCUT2D eigenvalue weighted by atomic mass is 16.7. The molecular formula is C11H14N2O5. The minimum atomic E-state index is -2.20. The lowest BCUT2D eigenvalue weighted by Gasteiger charge is -2.23. The summed E-state index contributed by atoms with van der Waals surface area (Å²) in [6.07, 6.45) is 2.89. The van der Waals surface area contributed by atoms with Gasteiger partial charge in [-0.1, -0.05) is 6.08 Å². The van der Waals surface area contributed by atoms with Gasteiger partial charge in [0.05, 0.1) is 11.3 Å². The first kappa shape index (κ1) is 14.2. The third kappa shape index (κ3) is 2.36. The van der Waals surface area contributed by atoms with E-state index in [9.17, 15) is 24.8 Å². The first-order valence-electron chi connectivity index (χ1n) is 5.22. The number of nitrogens with zero attached hydrogens (tertiary/aromatic N) is 1. The number of carbonyl (C=O) groups excluding carboxylic acids is 2. The number of carbonyl (C=O) groups is 2. The summed E-state index contributed by atoms with van der Waals surface area (Å²) in [5.41, 5.74) is 1.81. The van der Waals surface area contributed by atoms with Gasteiger partial charge in [0.1, 0.15) is 5.54 Å². The average molecular weight is 254 g/mol. The fourth-order valence-corrected chi connectivity index (χ4v) is 1.38. The standard InChI is InChI=1S/C11H14N2O5/c1-7(14)10(2,12)9(15)8-3-5-11(16,6-4-8)13(17)18/h3-5,16H,6,12H2,1-2H3. The van der Waals surface area contributed by atoms with Gasteiger partial charge >= 0.3 is 5.72 Å². The Hall–Kier alpha value is -1.86. The molecule has 0 amide bonds. The van der Waals surface area contributed by atoms with E-state index in [-0.39, 0.29) is 12.0 Å². The van der Waals surface area contributed by atoms with E-state index < -0.39 is 27.8 Å². The minimum absolute atomic E-state index is 0.0849. The van der Waals surface area contributed by atoms with Crippen molar-refractivity contribution in [3.63, 3.8) is 0 Å². The van der Waals surface area contributed by atoms with Crippen LogP contribution < -0.4 is 5.73 Å². The molecule has 0 aliphatic heterocycles. The van der Waals surface area contributed by atoms with Crippen LogP contribution in [-0.4, -0.2) is 32.9 Å². The van der Waals surface area contributed by atoms with Crippen molar-refractivity contribution in [1.82, 2.24) is 0 Å². The molecule has 0 aromatic carbocycles. The first-order valence-corrected chi connectivity index (χ1v) is 5.22. The van der Waals surface area contributed by atoms with Gasteiger partial charge in [0.2, 0.25) is 0 Å². The van der Waals surface area contributed by atoms with Crippen LogP contribution in [-0.2, 0) is 9.59 Å². The van der Waals surface area contributed by atoms with Crippen molar-refractivity contribution in [1.29, 1.82) is 0 Å². The number of Topliss-reactive ketones (excluding diaryl/α,β-unsaturated/α-hetero) is 2. The lowest BCUT2D eigenvalue weighted by molar-refractivity contribution is -0.607. The molecule has 18 heavy (non-hydrogen) atoms. The van der Waals surface area contributed by atoms with Gasteiger partial charge in [-0.3, -0.25) is 19.7 Å². The zero-order valence-corrected chi connectivity index (χ0v) is 10.0. The number of hydrogen-bond acceptors (Lipinski definition) is 6. The molecule has 1 aliphatic rings. The Morgan fingerprint density at radius 3 is 2.50 bits per heavy atom. The molecule has 1 aliphatic carbocycles. The highest BCUT2D eigenvalue weighted by Crippen LogP contribution is 2.24. The van der Waals surface area contributed by atoms with Crippen molar-refractivity contribution in [2.45, 2.75) is 31.5 Å². The van der Waals surface area contributed by atoms with Gasteiger partial charge in [0.25, 0.3) is 0 Å². The van der Waals surface area contributed by atoms with Gasteiger partial charge in [-0.2, -0.15) is 0 Å². The van der Waals surface area contributed by atoms with E-state index in [1.165, 1.54) is 19.9 Å². The van der Waals surface area contributed by atoms with E-state index in [1.807, 2.05) is 0 Å². The summed E-state index contributed by atoms with van der Waals surface area (Å²) >= 11 is 0. The molecule has 0 fully saturated rings. The van der Waals surface area contributed by atoms with Gasteiger partial charge < -0.3 is 10.8 Å². The van der Waals surface area contributed by atoms with Crippen LogP contribution in [0.3, 0.4) is 0 Å². The van der Waals surface area contributed by atoms with E-state index >= 15 is 0 Å². The van der Waals surface area contributed by atoms with Gasteiger partial charge in [-0.25, -0.2) is 0 Å². The SMILES string of the molecule is CC(=O)C(C)(N)C(=O)C1=CCC(O)([N+](=O)[O-])C=C1. The number of nitro groups is 1. The molecule has 2 unspecified atom stereocenters. The second kappa shape index (κ2) is 4.43. The van der Waals surface area contributed by atoms with E-state index in [0.29, 0.717) is 0 Å². The molecule has 2 atom stereocenters. The Bertz CT molecular complexity index is 478. The Labute approximate surface area is 103 Å². The molecule has 0 saturated heterocycles. The van der Waals surface area contributed by atoms with Crippen molar-refractivity contribution in [3.05, 3.63) is 33.9 Å². The summed E-state index contributed by atoms with van der Waals surface area (Å²) < 4.78 is 0. The lowest BCUT2D eigenvalue weighted by atomic mass is 9.85. The second-order valence-electron chi connectivity index (χ2n) is 4.42. The fourth-order valence-electron chi connectivity index (χ4n) is 1.38. The number of allylic oxidation sites excluding steroid dienone is 1. The highest BCUT2D eigenvalue weighted by molar-refractivity contribution is 6.18. The number of hydrogen-bond donors (Lipinski definition) is 2. The van der Waals surface area contributed by atoms with Crippen molar-refractivity contribution in [2.24, 2.45) is 5.73 Å². The van der Waals surface area contributed by atoms with Gasteiger partial charge in [0.15, 0.2) is 11.6 Å². The normalized spacial score (nSPS) is 26.1. The molecule has 7 heteroatoms. The molecule has 7 nitrogen and oxygen atoms in total. The van der Waals surface area contributed by atoms with Crippen LogP contribution in [0.2, 0.25) is 0 Å². The third-order valence-electron chi connectivity index (χ3n) is 2.93. The fraction of sp³-hybridized carbons (Fsp3) is 0.455.